The highest BCUT2D eigenvalue weighted by Crippen LogP contribution is 2.25. The van der Waals surface area contributed by atoms with Gasteiger partial charge in [-0.2, -0.15) is 9.57 Å². The van der Waals surface area contributed by atoms with Crippen molar-refractivity contribution >= 4 is 15.7 Å². The van der Waals surface area contributed by atoms with Crippen LogP contribution in [-0.2, 0) is 10.0 Å². The van der Waals surface area contributed by atoms with Crippen LogP contribution in [0.4, 0.5) is 5.69 Å². The minimum Gasteiger partial charge on any atom is -0.398 e. The predicted molar refractivity (Wildman–Crippen MR) is 74.8 cm³/mol. The van der Waals surface area contributed by atoms with Crippen LogP contribution in [-0.4, -0.2) is 25.3 Å². The smallest absolute Gasteiger partial charge is 0.243 e. The second kappa shape index (κ2) is 6.04. The van der Waals surface area contributed by atoms with Crippen molar-refractivity contribution in [3.8, 4) is 6.07 Å². The maximum absolute atomic E-state index is 12.6. The third-order valence-electron chi connectivity index (χ3n) is 2.93. The Labute approximate surface area is 114 Å². The number of rotatable bonds is 5. The van der Waals surface area contributed by atoms with Crippen molar-refractivity contribution in [2.75, 3.05) is 12.3 Å². The summed E-state index contributed by atoms with van der Waals surface area (Å²) in [6.45, 7) is 5.45. The van der Waals surface area contributed by atoms with Gasteiger partial charge in [0.15, 0.2) is 0 Å². The number of hydrogen-bond donors (Lipinski definition) is 1. The minimum atomic E-state index is -3.62. The highest BCUT2D eigenvalue weighted by Gasteiger charge is 2.28. The second-order valence-electron chi connectivity index (χ2n) is 4.59. The maximum Gasteiger partial charge on any atom is 0.243 e. The highest BCUT2D eigenvalue weighted by atomic mass is 32.2. The number of anilines is 1. The zero-order chi connectivity index (χ0) is 14.6. The lowest BCUT2D eigenvalue weighted by molar-refractivity contribution is 0.360. The molecular formula is C13H19N3O2S. The van der Waals surface area contributed by atoms with Gasteiger partial charge in [-0.1, -0.05) is 6.07 Å². The molecule has 0 heterocycles. The van der Waals surface area contributed by atoms with Crippen LogP contribution in [0.1, 0.15) is 25.8 Å². The molecule has 1 rings (SSSR count). The average Bonchev–Trinajstić information content (AvgIpc) is 2.32. The van der Waals surface area contributed by atoms with Crippen molar-refractivity contribution in [2.24, 2.45) is 0 Å². The van der Waals surface area contributed by atoms with Gasteiger partial charge in [-0.3, -0.25) is 0 Å². The van der Waals surface area contributed by atoms with Gasteiger partial charge in [0.25, 0.3) is 0 Å². The Morgan fingerprint density at radius 3 is 2.58 bits per heavy atom. The Kier molecular flexibility index (Phi) is 4.92. The van der Waals surface area contributed by atoms with Crippen LogP contribution in [0.2, 0.25) is 0 Å². The third-order valence-corrected chi connectivity index (χ3v) is 5.15. The van der Waals surface area contributed by atoms with Gasteiger partial charge in [0.1, 0.15) is 0 Å². The molecule has 0 aliphatic rings. The lowest BCUT2D eigenvalue weighted by atomic mass is 10.2. The number of nitrogens with two attached hydrogens (primary N) is 1. The molecule has 0 saturated carbocycles. The molecule has 19 heavy (non-hydrogen) atoms. The highest BCUT2D eigenvalue weighted by molar-refractivity contribution is 7.89. The summed E-state index contributed by atoms with van der Waals surface area (Å²) < 4.78 is 26.6. The van der Waals surface area contributed by atoms with Crippen LogP contribution < -0.4 is 5.73 Å². The van der Waals surface area contributed by atoms with E-state index in [4.69, 9.17) is 11.0 Å². The first-order valence-corrected chi connectivity index (χ1v) is 7.50. The van der Waals surface area contributed by atoms with E-state index in [1.807, 2.05) is 6.07 Å². The lowest BCUT2D eigenvalue weighted by Crippen LogP contribution is -2.38. The fourth-order valence-corrected chi connectivity index (χ4v) is 3.75. The van der Waals surface area contributed by atoms with E-state index in [0.717, 1.165) is 0 Å². The molecule has 5 nitrogen and oxygen atoms in total. The fraction of sp³-hybridized carbons (Fsp3) is 0.462. The monoisotopic (exact) mass is 281 g/mol. The van der Waals surface area contributed by atoms with E-state index in [0.29, 0.717) is 11.3 Å². The fourth-order valence-electron chi connectivity index (χ4n) is 1.85. The van der Waals surface area contributed by atoms with E-state index >= 15 is 0 Å². The van der Waals surface area contributed by atoms with Crippen LogP contribution in [0, 0.1) is 18.3 Å². The summed E-state index contributed by atoms with van der Waals surface area (Å²) in [6, 6.07) is 6.60. The topological polar surface area (TPSA) is 87.2 Å². The van der Waals surface area contributed by atoms with E-state index in [9.17, 15) is 8.42 Å². The Morgan fingerprint density at radius 2 is 2.05 bits per heavy atom. The quantitative estimate of drug-likeness (QED) is 0.835. The van der Waals surface area contributed by atoms with E-state index in [-0.39, 0.29) is 23.9 Å². The molecule has 0 radical (unpaired) electrons. The summed E-state index contributed by atoms with van der Waals surface area (Å²) in [4.78, 5) is 0.208. The molecule has 0 fully saturated rings. The van der Waals surface area contributed by atoms with Gasteiger partial charge in [-0.15, -0.1) is 0 Å². The van der Waals surface area contributed by atoms with Crippen molar-refractivity contribution in [3.63, 3.8) is 0 Å². The largest absolute Gasteiger partial charge is 0.398 e. The van der Waals surface area contributed by atoms with Gasteiger partial charge in [0.2, 0.25) is 10.0 Å². The lowest BCUT2D eigenvalue weighted by Gasteiger charge is -2.26. The Balaban J connectivity index is 3.28. The zero-order valence-electron chi connectivity index (χ0n) is 11.4. The van der Waals surface area contributed by atoms with Gasteiger partial charge < -0.3 is 5.73 Å². The standard InChI is InChI=1S/C13H19N3O2S/c1-10(2)16(9-5-8-14)19(17,18)13-7-4-6-12(15)11(13)3/h4,6-7,10H,5,9,15H2,1-3H3. The summed E-state index contributed by atoms with van der Waals surface area (Å²) in [5.74, 6) is 0. The maximum atomic E-state index is 12.6. The van der Waals surface area contributed by atoms with Crippen molar-refractivity contribution in [2.45, 2.75) is 38.1 Å². The van der Waals surface area contributed by atoms with Gasteiger partial charge in [0.05, 0.1) is 11.0 Å². The molecule has 6 heteroatoms. The van der Waals surface area contributed by atoms with Crippen LogP contribution in [0.3, 0.4) is 0 Å². The normalized spacial score (nSPS) is 11.8. The van der Waals surface area contributed by atoms with E-state index in [2.05, 4.69) is 0 Å². The summed E-state index contributed by atoms with van der Waals surface area (Å²) in [5, 5.41) is 8.64. The average molecular weight is 281 g/mol. The number of nitriles is 1. The Hall–Kier alpha value is -1.58. The predicted octanol–water partition coefficient (Wildman–Crippen LogP) is 1.89. The summed E-state index contributed by atoms with van der Waals surface area (Å²) in [7, 11) is -3.62. The van der Waals surface area contributed by atoms with E-state index in [1.54, 1.807) is 39.0 Å². The first-order chi connectivity index (χ1) is 8.82. The summed E-state index contributed by atoms with van der Waals surface area (Å²) in [6.07, 6.45) is 0.165. The first-order valence-electron chi connectivity index (χ1n) is 6.06. The summed E-state index contributed by atoms with van der Waals surface area (Å²) in [5.41, 5.74) is 6.75. The number of nitrogen functional groups attached to an aromatic ring is 1. The van der Waals surface area contributed by atoms with E-state index in [1.165, 1.54) is 4.31 Å². The van der Waals surface area contributed by atoms with Crippen molar-refractivity contribution < 1.29 is 8.42 Å². The van der Waals surface area contributed by atoms with Crippen molar-refractivity contribution in [1.82, 2.24) is 4.31 Å². The molecule has 2 N–H and O–H groups in total. The molecule has 1 aromatic rings. The minimum absolute atomic E-state index is 0.165. The van der Waals surface area contributed by atoms with E-state index < -0.39 is 10.0 Å². The molecule has 0 amide bonds. The molecule has 0 aliphatic carbocycles. The number of hydrogen-bond acceptors (Lipinski definition) is 4. The van der Waals surface area contributed by atoms with Gasteiger partial charge in [-0.25, -0.2) is 8.42 Å². The molecule has 104 valence electrons. The van der Waals surface area contributed by atoms with Crippen molar-refractivity contribution in [1.29, 1.82) is 5.26 Å². The van der Waals surface area contributed by atoms with Crippen LogP contribution in [0.25, 0.3) is 0 Å². The van der Waals surface area contributed by atoms with Crippen molar-refractivity contribution in [3.05, 3.63) is 23.8 Å². The molecule has 0 atom stereocenters. The SMILES string of the molecule is Cc1c(N)cccc1S(=O)(=O)N(CCC#N)C(C)C. The number of nitrogens with zero attached hydrogens (tertiary/aromatic N) is 2. The molecule has 0 unspecified atom stereocenters. The Morgan fingerprint density at radius 1 is 1.42 bits per heavy atom. The van der Waals surface area contributed by atoms with Crippen LogP contribution in [0.15, 0.2) is 23.1 Å². The molecule has 0 aliphatic heterocycles. The first kappa shape index (κ1) is 15.5. The van der Waals surface area contributed by atoms with Gasteiger partial charge >= 0.3 is 0 Å². The van der Waals surface area contributed by atoms with Gasteiger partial charge in [-0.05, 0) is 38.5 Å². The number of sulfonamides is 1. The molecular weight excluding hydrogens is 262 g/mol. The molecule has 0 spiro atoms. The molecule has 0 aromatic heterocycles. The zero-order valence-corrected chi connectivity index (χ0v) is 12.2. The third kappa shape index (κ3) is 3.25. The molecule has 0 bridgehead atoms. The summed E-state index contributed by atoms with van der Waals surface area (Å²) >= 11 is 0. The van der Waals surface area contributed by atoms with Crippen LogP contribution in [0.5, 0.6) is 0 Å². The van der Waals surface area contributed by atoms with Crippen LogP contribution >= 0.6 is 0 Å². The molecule has 1 aromatic carbocycles. The Bertz CT molecular complexity index is 588. The number of benzene rings is 1. The second-order valence-corrected chi connectivity index (χ2v) is 6.45. The molecule has 0 saturated heterocycles. The van der Waals surface area contributed by atoms with Gasteiger partial charge in [0, 0.05) is 24.7 Å².